The molecular formula is C19H25N7O. The molecule has 3 rings (SSSR count). The van der Waals surface area contributed by atoms with E-state index >= 15 is 0 Å². The van der Waals surface area contributed by atoms with Crippen LogP contribution in [0.5, 0.6) is 0 Å². The van der Waals surface area contributed by atoms with Crippen LogP contribution < -0.4 is 16.0 Å². The summed E-state index contributed by atoms with van der Waals surface area (Å²) in [6.07, 6.45) is 6.85. The summed E-state index contributed by atoms with van der Waals surface area (Å²) in [4.78, 5) is 12.5. The Balaban J connectivity index is 1.77. The SMILES string of the molecule is CC(C)(O)c1cnc(Nc2cnc(C#N)cn2)cc1NCC1CCNCC1. The number of pyridine rings is 1. The van der Waals surface area contributed by atoms with Gasteiger partial charge in [0.15, 0.2) is 5.69 Å². The van der Waals surface area contributed by atoms with Gasteiger partial charge in [-0.2, -0.15) is 5.26 Å². The molecular weight excluding hydrogens is 342 g/mol. The number of nitrogens with zero attached hydrogens (tertiary/aromatic N) is 4. The van der Waals surface area contributed by atoms with Crippen LogP contribution in [0.3, 0.4) is 0 Å². The summed E-state index contributed by atoms with van der Waals surface area (Å²) in [6.45, 7) is 6.44. The molecule has 1 aliphatic rings. The van der Waals surface area contributed by atoms with Crippen molar-refractivity contribution < 1.29 is 5.11 Å². The molecule has 0 atom stereocenters. The fourth-order valence-corrected chi connectivity index (χ4v) is 3.08. The number of nitriles is 1. The van der Waals surface area contributed by atoms with Crippen LogP contribution in [0.4, 0.5) is 17.3 Å². The molecule has 0 saturated carbocycles. The highest BCUT2D eigenvalue weighted by atomic mass is 16.3. The number of anilines is 3. The third kappa shape index (κ3) is 5.12. The van der Waals surface area contributed by atoms with Crippen molar-refractivity contribution in [3.05, 3.63) is 35.9 Å². The van der Waals surface area contributed by atoms with Crippen molar-refractivity contribution >= 4 is 17.3 Å². The first-order chi connectivity index (χ1) is 13.0. The zero-order valence-corrected chi connectivity index (χ0v) is 15.7. The van der Waals surface area contributed by atoms with Crippen LogP contribution in [-0.2, 0) is 5.60 Å². The third-order valence-electron chi connectivity index (χ3n) is 4.63. The van der Waals surface area contributed by atoms with Crippen molar-refractivity contribution in [2.75, 3.05) is 30.3 Å². The van der Waals surface area contributed by atoms with E-state index in [2.05, 4.69) is 30.9 Å². The first-order valence-electron chi connectivity index (χ1n) is 9.12. The van der Waals surface area contributed by atoms with Gasteiger partial charge in [0.1, 0.15) is 17.7 Å². The number of hydrogen-bond acceptors (Lipinski definition) is 8. The third-order valence-corrected chi connectivity index (χ3v) is 4.63. The molecule has 8 heteroatoms. The molecule has 0 unspecified atom stereocenters. The summed E-state index contributed by atoms with van der Waals surface area (Å²) >= 11 is 0. The molecule has 0 aliphatic carbocycles. The van der Waals surface area contributed by atoms with Crippen LogP contribution in [0, 0.1) is 17.2 Å². The zero-order valence-electron chi connectivity index (χ0n) is 15.7. The molecule has 0 spiro atoms. The number of piperidine rings is 1. The minimum atomic E-state index is -1.00. The topological polar surface area (TPSA) is 119 Å². The van der Waals surface area contributed by atoms with Gasteiger partial charge in [0.25, 0.3) is 0 Å². The number of hydrogen-bond donors (Lipinski definition) is 4. The van der Waals surface area contributed by atoms with E-state index in [0.29, 0.717) is 17.6 Å². The first kappa shape index (κ1) is 19.0. The lowest BCUT2D eigenvalue weighted by Gasteiger charge is -2.26. The van der Waals surface area contributed by atoms with Gasteiger partial charge in [-0.25, -0.2) is 15.0 Å². The standard InChI is InChI=1S/C19H25N7O/c1-19(2,27)15-11-25-17(26-18-12-22-14(8-20)10-24-18)7-16(15)23-9-13-3-5-21-6-4-13/h7,10-13,21,27H,3-6,9H2,1-2H3,(H2,23,24,25,26). The second-order valence-electron chi connectivity index (χ2n) is 7.27. The monoisotopic (exact) mass is 367 g/mol. The van der Waals surface area contributed by atoms with E-state index in [1.165, 1.54) is 12.4 Å². The molecule has 1 aliphatic heterocycles. The van der Waals surface area contributed by atoms with Gasteiger partial charge in [0, 0.05) is 30.1 Å². The van der Waals surface area contributed by atoms with E-state index in [4.69, 9.17) is 5.26 Å². The number of nitrogens with one attached hydrogen (secondary N) is 3. The van der Waals surface area contributed by atoms with Crippen molar-refractivity contribution in [1.82, 2.24) is 20.3 Å². The van der Waals surface area contributed by atoms with Crippen molar-refractivity contribution in [1.29, 1.82) is 5.26 Å². The quantitative estimate of drug-likeness (QED) is 0.613. The van der Waals surface area contributed by atoms with E-state index in [9.17, 15) is 5.11 Å². The Hall–Kier alpha value is -2.76. The Bertz CT molecular complexity index is 802. The predicted octanol–water partition coefficient (Wildman–Crippen LogP) is 2.13. The molecule has 0 radical (unpaired) electrons. The molecule has 2 aromatic heterocycles. The van der Waals surface area contributed by atoms with Gasteiger partial charge in [0.05, 0.1) is 18.0 Å². The van der Waals surface area contributed by atoms with Gasteiger partial charge < -0.3 is 21.1 Å². The molecule has 0 bridgehead atoms. The number of aliphatic hydroxyl groups is 1. The molecule has 0 amide bonds. The summed E-state index contributed by atoms with van der Waals surface area (Å²) in [5.74, 6) is 1.70. The van der Waals surface area contributed by atoms with E-state index in [-0.39, 0.29) is 5.69 Å². The molecule has 142 valence electrons. The van der Waals surface area contributed by atoms with Crippen molar-refractivity contribution in [3.8, 4) is 6.07 Å². The van der Waals surface area contributed by atoms with Crippen molar-refractivity contribution in [3.63, 3.8) is 0 Å². The van der Waals surface area contributed by atoms with Crippen molar-refractivity contribution in [2.45, 2.75) is 32.3 Å². The largest absolute Gasteiger partial charge is 0.386 e. The van der Waals surface area contributed by atoms with Gasteiger partial charge in [0.2, 0.25) is 0 Å². The van der Waals surface area contributed by atoms with Crippen LogP contribution in [0.25, 0.3) is 0 Å². The first-order valence-corrected chi connectivity index (χ1v) is 9.12. The second kappa shape index (κ2) is 8.29. The maximum Gasteiger partial charge on any atom is 0.158 e. The minimum absolute atomic E-state index is 0.259. The normalized spacial score (nSPS) is 15.2. The second-order valence-corrected chi connectivity index (χ2v) is 7.27. The average Bonchev–Trinajstić information content (AvgIpc) is 2.67. The van der Waals surface area contributed by atoms with Crippen molar-refractivity contribution in [2.24, 2.45) is 5.92 Å². The highest BCUT2D eigenvalue weighted by molar-refractivity contribution is 5.62. The van der Waals surface area contributed by atoms with Gasteiger partial charge >= 0.3 is 0 Å². The van der Waals surface area contributed by atoms with E-state index in [1.807, 2.05) is 12.1 Å². The van der Waals surface area contributed by atoms with Crippen LogP contribution in [0.15, 0.2) is 24.7 Å². The lowest BCUT2D eigenvalue weighted by molar-refractivity contribution is 0.0789. The fourth-order valence-electron chi connectivity index (χ4n) is 3.08. The van der Waals surface area contributed by atoms with Gasteiger partial charge in [-0.3, -0.25) is 0 Å². The Morgan fingerprint density at radius 3 is 2.56 bits per heavy atom. The highest BCUT2D eigenvalue weighted by Crippen LogP contribution is 2.30. The molecule has 27 heavy (non-hydrogen) atoms. The van der Waals surface area contributed by atoms with Crippen LogP contribution in [0.1, 0.15) is 37.9 Å². The summed E-state index contributed by atoms with van der Waals surface area (Å²) in [7, 11) is 0. The summed E-state index contributed by atoms with van der Waals surface area (Å²) in [5.41, 5.74) is 0.846. The predicted molar refractivity (Wildman–Crippen MR) is 104 cm³/mol. The molecule has 0 aromatic carbocycles. The van der Waals surface area contributed by atoms with Crippen LogP contribution in [0.2, 0.25) is 0 Å². The lowest BCUT2D eigenvalue weighted by atomic mass is 9.96. The van der Waals surface area contributed by atoms with E-state index in [1.54, 1.807) is 20.0 Å². The maximum atomic E-state index is 10.5. The molecule has 2 aromatic rings. The Morgan fingerprint density at radius 2 is 1.93 bits per heavy atom. The number of rotatable bonds is 6. The smallest absolute Gasteiger partial charge is 0.158 e. The highest BCUT2D eigenvalue weighted by Gasteiger charge is 2.22. The summed E-state index contributed by atoms with van der Waals surface area (Å²) in [5, 5.41) is 29.2. The van der Waals surface area contributed by atoms with Gasteiger partial charge in [-0.15, -0.1) is 0 Å². The average molecular weight is 367 g/mol. The van der Waals surface area contributed by atoms with Crippen LogP contribution in [-0.4, -0.2) is 39.7 Å². The minimum Gasteiger partial charge on any atom is -0.386 e. The molecule has 1 fully saturated rings. The Labute approximate surface area is 159 Å². The van der Waals surface area contributed by atoms with Gasteiger partial charge in [-0.1, -0.05) is 0 Å². The Morgan fingerprint density at radius 1 is 1.19 bits per heavy atom. The molecule has 3 heterocycles. The lowest BCUT2D eigenvalue weighted by Crippen LogP contribution is -2.31. The summed E-state index contributed by atoms with van der Waals surface area (Å²) < 4.78 is 0. The molecule has 8 nitrogen and oxygen atoms in total. The fraction of sp³-hybridized carbons (Fsp3) is 0.474. The Kier molecular flexibility index (Phi) is 5.84. The maximum absolute atomic E-state index is 10.5. The van der Waals surface area contributed by atoms with E-state index < -0.39 is 5.60 Å². The van der Waals surface area contributed by atoms with Gasteiger partial charge in [-0.05, 0) is 45.7 Å². The summed E-state index contributed by atoms with van der Waals surface area (Å²) in [6, 6.07) is 3.81. The zero-order chi connectivity index (χ0) is 19.3. The molecule has 1 saturated heterocycles. The number of aromatic nitrogens is 3. The van der Waals surface area contributed by atoms with E-state index in [0.717, 1.165) is 43.7 Å². The van der Waals surface area contributed by atoms with Crippen LogP contribution >= 0.6 is 0 Å². The molecule has 4 N–H and O–H groups in total.